The van der Waals surface area contributed by atoms with Crippen molar-refractivity contribution in [2.75, 3.05) is 6.61 Å². The highest BCUT2D eigenvalue weighted by Crippen LogP contribution is 2.24. The van der Waals surface area contributed by atoms with Gasteiger partial charge < -0.3 is 9.84 Å². The predicted octanol–water partition coefficient (Wildman–Crippen LogP) is 4.13. The van der Waals surface area contributed by atoms with E-state index in [4.69, 9.17) is 9.84 Å². The van der Waals surface area contributed by atoms with Crippen LogP contribution in [-0.4, -0.2) is 34.8 Å². The molecule has 0 aliphatic carbocycles. The molecular weight excluding hydrogens is 406 g/mol. The van der Waals surface area contributed by atoms with E-state index in [-0.39, 0.29) is 5.91 Å². The number of benzene rings is 3. The van der Waals surface area contributed by atoms with Gasteiger partial charge in [-0.05, 0) is 24.3 Å². The van der Waals surface area contributed by atoms with Crippen molar-refractivity contribution in [2.24, 2.45) is 5.10 Å². The number of hydrogen-bond acceptors (Lipinski definition) is 5. The average molecular weight is 425 g/mol. The minimum Gasteiger partial charge on any atom is -0.481 e. The minimum absolute atomic E-state index is 0.355. The van der Waals surface area contributed by atoms with Gasteiger partial charge in [0.05, 0.1) is 23.0 Å². The Morgan fingerprint density at radius 2 is 1.69 bits per heavy atom. The van der Waals surface area contributed by atoms with Crippen LogP contribution in [0.2, 0.25) is 0 Å². The van der Waals surface area contributed by atoms with Gasteiger partial charge in [-0.2, -0.15) is 5.10 Å². The number of hydrazone groups is 1. The van der Waals surface area contributed by atoms with Gasteiger partial charge >= 0.3 is 5.97 Å². The number of rotatable bonds is 7. The zero-order valence-corrected chi connectivity index (χ0v) is 16.9. The van der Waals surface area contributed by atoms with Crippen molar-refractivity contribution in [3.8, 4) is 17.0 Å². The highest BCUT2D eigenvalue weighted by molar-refractivity contribution is 6.07. The van der Waals surface area contributed by atoms with Crippen LogP contribution in [0.3, 0.4) is 0 Å². The van der Waals surface area contributed by atoms with E-state index in [2.05, 4.69) is 15.5 Å². The molecule has 7 heteroatoms. The fourth-order valence-corrected chi connectivity index (χ4v) is 3.20. The van der Waals surface area contributed by atoms with Crippen LogP contribution in [-0.2, 0) is 4.79 Å². The SMILES string of the molecule is O=C(O)COc1ccccc1C=NNC(=O)c1cc(-c2ccccc2)nc2ccccc12. The predicted molar refractivity (Wildman–Crippen MR) is 122 cm³/mol. The lowest BCUT2D eigenvalue weighted by molar-refractivity contribution is -0.139. The van der Waals surface area contributed by atoms with E-state index in [0.29, 0.717) is 33.5 Å². The normalized spacial score (nSPS) is 10.9. The van der Waals surface area contributed by atoms with Crippen LogP contribution in [0.25, 0.3) is 22.2 Å². The zero-order valence-electron chi connectivity index (χ0n) is 16.9. The second-order valence-corrected chi connectivity index (χ2v) is 6.86. The number of hydrogen-bond donors (Lipinski definition) is 2. The summed E-state index contributed by atoms with van der Waals surface area (Å²) in [7, 11) is 0. The summed E-state index contributed by atoms with van der Waals surface area (Å²) in [6.45, 7) is -0.470. The number of nitrogens with zero attached hydrogens (tertiary/aromatic N) is 2. The van der Waals surface area contributed by atoms with Gasteiger partial charge in [-0.25, -0.2) is 15.2 Å². The van der Waals surface area contributed by atoms with E-state index in [1.54, 1.807) is 30.3 Å². The van der Waals surface area contributed by atoms with Gasteiger partial charge in [-0.15, -0.1) is 0 Å². The molecule has 0 saturated carbocycles. The molecule has 4 rings (SSSR count). The number of fused-ring (bicyclic) bond motifs is 1. The third-order valence-electron chi connectivity index (χ3n) is 4.67. The van der Waals surface area contributed by atoms with Gasteiger partial charge in [-0.3, -0.25) is 4.79 Å². The van der Waals surface area contributed by atoms with Crippen LogP contribution in [0, 0.1) is 0 Å². The second kappa shape index (κ2) is 9.53. The van der Waals surface area contributed by atoms with Gasteiger partial charge in [0.15, 0.2) is 6.61 Å². The fraction of sp³-hybridized carbons (Fsp3) is 0.0400. The smallest absolute Gasteiger partial charge is 0.341 e. The summed E-state index contributed by atoms with van der Waals surface area (Å²) in [5.74, 6) is -1.11. The monoisotopic (exact) mass is 425 g/mol. The molecule has 0 fully saturated rings. The van der Waals surface area contributed by atoms with Crippen molar-refractivity contribution in [3.05, 3.63) is 96.1 Å². The van der Waals surface area contributed by atoms with Crippen LogP contribution in [0.1, 0.15) is 15.9 Å². The topological polar surface area (TPSA) is 101 Å². The number of aliphatic carboxylic acids is 1. The quantitative estimate of drug-likeness (QED) is 0.343. The maximum atomic E-state index is 13.0. The first-order valence-corrected chi connectivity index (χ1v) is 9.84. The summed E-state index contributed by atoms with van der Waals surface area (Å²) in [5.41, 5.74) is 5.82. The Labute approximate surface area is 184 Å². The summed E-state index contributed by atoms with van der Waals surface area (Å²) in [4.78, 5) is 28.4. The van der Waals surface area contributed by atoms with E-state index in [0.717, 1.165) is 5.56 Å². The molecule has 0 aliphatic heterocycles. The number of aromatic nitrogens is 1. The number of carboxylic acid groups (broad SMARTS) is 1. The lowest BCUT2D eigenvalue weighted by Crippen LogP contribution is -2.18. The lowest BCUT2D eigenvalue weighted by Gasteiger charge is -2.09. The molecule has 4 aromatic rings. The highest BCUT2D eigenvalue weighted by Gasteiger charge is 2.13. The Morgan fingerprint density at radius 3 is 2.50 bits per heavy atom. The number of carboxylic acids is 1. The first-order chi connectivity index (χ1) is 15.6. The summed E-state index contributed by atoms with van der Waals surface area (Å²) in [6.07, 6.45) is 1.41. The van der Waals surface area contributed by atoms with Crippen LogP contribution in [0.15, 0.2) is 90.0 Å². The van der Waals surface area contributed by atoms with Gasteiger partial charge in [0.1, 0.15) is 5.75 Å². The van der Waals surface area contributed by atoms with Crippen LogP contribution in [0.4, 0.5) is 0 Å². The van der Waals surface area contributed by atoms with E-state index in [1.807, 2.05) is 54.6 Å². The molecule has 0 saturated heterocycles. The number of ether oxygens (including phenoxy) is 1. The maximum absolute atomic E-state index is 13.0. The number of amides is 1. The average Bonchev–Trinajstić information content (AvgIpc) is 2.83. The summed E-state index contributed by atoms with van der Waals surface area (Å²) in [6, 6.07) is 25.6. The minimum atomic E-state index is -1.08. The summed E-state index contributed by atoms with van der Waals surface area (Å²) >= 11 is 0. The molecule has 1 heterocycles. The van der Waals surface area contributed by atoms with E-state index in [9.17, 15) is 9.59 Å². The first kappa shape index (κ1) is 20.7. The molecule has 0 aliphatic rings. The Bertz CT molecular complexity index is 1300. The summed E-state index contributed by atoms with van der Waals surface area (Å²) < 4.78 is 5.25. The summed E-state index contributed by atoms with van der Waals surface area (Å²) in [5, 5.41) is 13.6. The number of carbonyl (C=O) groups is 2. The molecule has 3 aromatic carbocycles. The van der Waals surface area contributed by atoms with Crippen LogP contribution in [0.5, 0.6) is 5.75 Å². The van der Waals surface area contributed by atoms with E-state index >= 15 is 0 Å². The Kier molecular flexibility index (Phi) is 6.17. The molecule has 158 valence electrons. The highest BCUT2D eigenvalue weighted by atomic mass is 16.5. The molecule has 1 amide bonds. The molecule has 2 N–H and O–H groups in total. The molecule has 0 unspecified atom stereocenters. The van der Waals surface area contributed by atoms with Crippen molar-refractivity contribution in [3.63, 3.8) is 0 Å². The van der Waals surface area contributed by atoms with Crippen molar-refractivity contribution in [1.29, 1.82) is 0 Å². The zero-order chi connectivity index (χ0) is 22.3. The Balaban J connectivity index is 1.60. The molecule has 7 nitrogen and oxygen atoms in total. The fourth-order valence-electron chi connectivity index (χ4n) is 3.20. The molecule has 32 heavy (non-hydrogen) atoms. The van der Waals surface area contributed by atoms with Crippen molar-refractivity contribution >= 4 is 29.0 Å². The van der Waals surface area contributed by atoms with Gasteiger partial charge in [0, 0.05) is 16.5 Å². The third-order valence-corrected chi connectivity index (χ3v) is 4.67. The molecule has 0 radical (unpaired) electrons. The number of para-hydroxylation sites is 2. The molecule has 1 aromatic heterocycles. The van der Waals surface area contributed by atoms with Crippen LogP contribution >= 0.6 is 0 Å². The van der Waals surface area contributed by atoms with Crippen molar-refractivity contribution in [1.82, 2.24) is 10.4 Å². The third kappa shape index (κ3) is 4.79. The molecular formula is C25H19N3O4. The number of nitrogens with one attached hydrogen (secondary N) is 1. The van der Waals surface area contributed by atoms with E-state index < -0.39 is 12.6 Å². The number of pyridine rings is 1. The first-order valence-electron chi connectivity index (χ1n) is 9.84. The largest absolute Gasteiger partial charge is 0.481 e. The van der Waals surface area contributed by atoms with Crippen LogP contribution < -0.4 is 10.2 Å². The molecule has 0 spiro atoms. The number of carbonyl (C=O) groups excluding carboxylic acids is 1. The van der Waals surface area contributed by atoms with Gasteiger partial charge in [0.25, 0.3) is 5.91 Å². The van der Waals surface area contributed by atoms with Crippen molar-refractivity contribution < 1.29 is 19.4 Å². The Morgan fingerprint density at radius 1 is 0.969 bits per heavy atom. The standard InChI is InChI=1S/C25H19N3O4/c29-24(30)16-32-23-13-7-4-10-18(23)15-26-28-25(31)20-14-22(17-8-2-1-3-9-17)27-21-12-6-5-11-19(20)21/h1-15H,16H2,(H,28,31)(H,29,30). The maximum Gasteiger partial charge on any atom is 0.341 e. The molecule has 0 atom stereocenters. The molecule has 0 bridgehead atoms. The van der Waals surface area contributed by atoms with Crippen molar-refractivity contribution in [2.45, 2.75) is 0 Å². The van der Waals surface area contributed by atoms with E-state index in [1.165, 1.54) is 6.21 Å². The van der Waals surface area contributed by atoms with Gasteiger partial charge in [0.2, 0.25) is 0 Å². The van der Waals surface area contributed by atoms with Gasteiger partial charge in [-0.1, -0.05) is 60.7 Å². The second-order valence-electron chi connectivity index (χ2n) is 6.86. The lowest BCUT2D eigenvalue weighted by atomic mass is 10.0. The Hall–Kier alpha value is -4.52.